The number of ether oxygens (including phenoxy) is 1. The van der Waals surface area contributed by atoms with Gasteiger partial charge in [0.1, 0.15) is 0 Å². The van der Waals surface area contributed by atoms with Crippen molar-refractivity contribution >= 4 is 5.97 Å². The molecule has 1 aliphatic heterocycles. The van der Waals surface area contributed by atoms with Gasteiger partial charge in [0.2, 0.25) is 0 Å². The van der Waals surface area contributed by atoms with Crippen LogP contribution < -0.4 is 5.32 Å². The summed E-state index contributed by atoms with van der Waals surface area (Å²) < 4.78 is 5.02. The van der Waals surface area contributed by atoms with E-state index < -0.39 is 0 Å². The Hall–Kier alpha value is -0.570. The third-order valence-corrected chi connectivity index (χ3v) is 5.07. The molecule has 2 saturated carbocycles. The second kappa shape index (κ2) is 4.27. The second-order valence-electron chi connectivity index (χ2n) is 6.37. The lowest BCUT2D eigenvalue weighted by Crippen LogP contribution is -2.37. The fourth-order valence-corrected chi connectivity index (χ4v) is 4.56. The average Bonchev–Trinajstić information content (AvgIpc) is 2.74. The van der Waals surface area contributed by atoms with Crippen LogP contribution in [0.3, 0.4) is 0 Å². The van der Waals surface area contributed by atoms with Gasteiger partial charge in [-0.15, -0.1) is 0 Å². The van der Waals surface area contributed by atoms with Crippen LogP contribution in [0.5, 0.6) is 0 Å². The summed E-state index contributed by atoms with van der Waals surface area (Å²) in [5.41, 5.74) is 0.620. The fraction of sp³-hybridized carbons (Fsp3) is 0.929. The zero-order chi connectivity index (χ0) is 11.9. The summed E-state index contributed by atoms with van der Waals surface area (Å²) in [5, 5.41) is 3.50. The van der Waals surface area contributed by atoms with Crippen molar-refractivity contribution in [2.75, 3.05) is 19.7 Å². The lowest BCUT2D eigenvalue weighted by molar-refractivity contribution is -0.146. The maximum Gasteiger partial charge on any atom is 0.306 e. The number of hydrogen-bond acceptors (Lipinski definition) is 3. The molecule has 0 radical (unpaired) electrons. The predicted molar refractivity (Wildman–Crippen MR) is 65.5 cm³/mol. The van der Waals surface area contributed by atoms with E-state index >= 15 is 0 Å². The van der Waals surface area contributed by atoms with Crippen molar-refractivity contribution in [3.8, 4) is 0 Å². The Labute approximate surface area is 103 Å². The predicted octanol–water partition coefficient (Wildman–Crippen LogP) is 1.97. The smallest absolute Gasteiger partial charge is 0.306 e. The first kappa shape index (κ1) is 11.5. The highest BCUT2D eigenvalue weighted by Gasteiger charge is 2.53. The molecule has 3 heteroatoms. The van der Waals surface area contributed by atoms with E-state index in [1.807, 2.05) is 6.92 Å². The summed E-state index contributed by atoms with van der Waals surface area (Å²) in [6.45, 7) is 4.86. The molecule has 1 saturated heterocycles. The number of nitrogens with one attached hydrogen (secondary N) is 1. The van der Waals surface area contributed by atoms with Crippen LogP contribution in [0.4, 0.5) is 0 Å². The summed E-state index contributed by atoms with van der Waals surface area (Å²) in [7, 11) is 0. The molecular formula is C14H23NO2. The molecule has 0 amide bonds. The number of hydrogen-bond donors (Lipinski definition) is 1. The van der Waals surface area contributed by atoms with Crippen LogP contribution in [-0.2, 0) is 9.53 Å². The van der Waals surface area contributed by atoms with E-state index in [1.54, 1.807) is 0 Å². The highest BCUT2D eigenvalue weighted by Crippen LogP contribution is 2.61. The summed E-state index contributed by atoms with van der Waals surface area (Å²) >= 11 is 0. The Kier molecular flexibility index (Phi) is 2.89. The molecule has 2 aliphatic carbocycles. The molecule has 2 unspecified atom stereocenters. The monoisotopic (exact) mass is 237 g/mol. The third-order valence-electron chi connectivity index (χ3n) is 5.07. The van der Waals surface area contributed by atoms with Gasteiger partial charge in [-0.1, -0.05) is 0 Å². The van der Waals surface area contributed by atoms with E-state index in [-0.39, 0.29) is 5.97 Å². The van der Waals surface area contributed by atoms with Crippen LogP contribution in [0.15, 0.2) is 0 Å². The highest BCUT2D eigenvalue weighted by atomic mass is 16.5. The number of carbonyl (C=O) groups excluding carboxylic acids is 1. The lowest BCUT2D eigenvalue weighted by atomic mass is 9.59. The quantitative estimate of drug-likeness (QED) is 0.763. The van der Waals surface area contributed by atoms with E-state index in [0.717, 1.165) is 11.8 Å². The largest absolute Gasteiger partial charge is 0.466 e. The Morgan fingerprint density at radius 2 is 1.88 bits per heavy atom. The maximum absolute atomic E-state index is 11.4. The first-order valence-corrected chi connectivity index (χ1v) is 7.07. The van der Waals surface area contributed by atoms with E-state index in [4.69, 9.17) is 4.74 Å². The zero-order valence-corrected chi connectivity index (χ0v) is 10.7. The normalized spacial score (nSPS) is 43.5. The summed E-state index contributed by atoms with van der Waals surface area (Å²) in [5.74, 6) is 2.48. The van der Waals surface area contributed by atoms with Crippen LogP contribution in [0, 0.1) is 23.2 Å². The minimum absolute atomic E-state index is 0.00667. The molecule has 1 heterocycles. The molecule has 0 aromatic heterocycles. The highest BCUT2D eigenvalue weighted by molar-refractivity contribution is 5.69. The van der Waals surface area contributed by atoms with Gasteiger partial charge in [-0.3, -0.25) is 4.79 Å². The molecule has 0 aromatic carbocycles. The van der Waals surface area contributed by atoms with Gasteiger partial charge in [-0.25, -0.2) is 0 Å². The first-order chi connectivity index (χ1) is 8.21. The van der Waals surface area contributed by atoms with E-state index in [0.29, 0.717) is 24.4 Å². The van der Waals surface area contributed by atoms with Crippen molar-refractivity contribution in [2.45, 2.75) is 39.0 Å². The fourth-order valence-electron chi connectivity index (χ4n) is 4.56. The standard InChI is InChI=1S/C14H23NO2/c1-2-17-13(16)3-10-4-14(5-10)6-11-8-15-9-12(11)7-14/h10-12,15H,2-9H2,1H3. The third kappa shape index (κ3) is 2.10. The topological polar surface area (TPSA) is 38.3 Å². The van der Waals surface area contributed by atoms with Gasteiger partial charge in [-0.05, 0) is 68.9 Å². The van der Waals surface area contributed by atoms with Gasteiger partial charge in [0.05, 0.1) is 6.61 Å². The molecular weight excluding hydrogens is 214 g/mol. The Morgan fingerprint density at radius 1 is 1.24 bits per heavy atom. The molecule has 17 heavy (non-hydrogen) atoms. The van der Waals surface area contributed by atoms with Crippen molar-refractivity contribution in [2.24, 2.45) is 23.2 Å². The van der Waals surface area contributed by atoms with Crippen molar-refractivity contribution in [1.82, 2.24) is 5.32 Å². The Bertz CT molecular complexity index is 295. The SMILES string of the molecule is CCOC(=O)CC1CC2(C1)CC1CNCC1C2. The summed E-state index contributed by atoms with van der Waals surface area (Å²) in [6.07, 6.45) is 6.02. The van der Waals surface area contributed by atoms with Gasteiger partial charge < -0.3 is 10.1 Å². The van der Waals surface area contributed by atoms with Crippen molar-refractivity contribution in [1.29, 1.82) is 0 Å². The number of carbonyl (C=O) groups is 1. The lowest BCUT2D eigenvalue weighted by Gasteiger charge is -2.46. The van der Waals surface area contributed by atoms with Crippen LogP contribution in [0.2, 0.25) is 0 Å². The van der Waals surface area contributed by atoms with Gasteiger partial charge in [0, 0.05) is 6.42 Å². The molecule has 3 nitrogen and oxygen atoms in total. The minimum Gasteiger partial charge on any atom is -0.466 e. The van der Waals surface area contributed by atoms with E-state index in [9.17, 15) is 4.79 Å². The van der Waals surface area contributed by atoms with Crippen LogP contribution >= 0.6 is 0 Å². The average molecular weight is 237 g/mol. The molecule has 96 valence electrons. The number of rotatable bonds is 3. The minimum atomic E-state index is 0.00667. The molecule has 1 N–H and O–H groups in total. The first-order valence-electron chi connectivity index (χ1n) is 7.07. The molecule has 3 fully saturated rings. The number of fused-ring (bicyclic) bond motifs is 1. The van der Waals surface area contributed by atoms with Gasteiger partial charge >= 0.3 is 5.97 Å². The Balaban J connectivity index is 1.47. The maximum atomic E-state index is 11.4. The summed E-state index contributed by atoms with van der Waals surface area (Å²) in [4.78, 5) is 11.4. The van der Waals surface area contributed by atoms with Gasteiger partial charge in [0.15, 0.2) is 0 Å². The number of esters is 1. The molecule has 0 aromatic rings. The van der Waals surface area contributed by atoms with E-state index in [1.165, 1.54) is 38.8 Å². The van der Waals surface area contributed by atoms with Crippen LogP contribution in [0.25, 0.3) is 0 Å². The Morgan fingerprint density at radius 3 is 2.47 bits per heavy atom. The molecule has 2 atom stereocenters. The zero-order valence-electron chi connectivity index (χ0n) is 10.7. The summed E-state index contributed by atoms with van der Waals surface area (Å²) in [6, 6.07) is 0. The van der Waals surface area contributed by atoms with Gasteiger partial charge in [0.25, 0.3) is 0 Å². The second-order valence-corrected chi connectivity index (χ2v) is 6.37. The van der Waals surface area contributed by atoms with E-state index in [2.05, 4.69) is 5.32 Å². The van der Waals surface area contributed by atoms with Crippen LogP contribution in [0.1, 0.15) is 39.0 Å². The molecule has 3 rings (SSSR count). The van der Waals surface area contributed by atoms with Crippen molar-refractivity contribution in [3.63, 3.8) is 0 Å². The molecule has 3 aliphatic rings. The van der Waals surface area contributed by atoms with Crippen LogP contribution in [-0.4, -0.2) is 25.7 Å². The van der Waals surface area contributed by atoms with Gasteiger partial charge in [-0.2, -0.15) is 0 Å². The molecule has 0 bridgehead atoms. The van der Waals surface area contributed by atoms with Crippen molar-refractivity contribution < 1.29 is 9.53 Å². The molecule has 1 spiro atoms. The van der Waals surface area contributed by atoms with Crippen molar-refractivity contribution in [3.05, 3.63) is 0 Å².